The highest BCUT2D eigenvalue weighted by Gasteiger charge is 2.19. The summed E-state index contributed by atoms with van der Waals surface area (Å²) in [6.45, 7) is 6.55. The smallest absolute Gasteiger partial charge is 0.306 e. The van der Waals surface area contributed by atoms with Gasteiger partial charge in [-0.3, -0.25) is 14.4 Å². The van der Waals surface area contributed by atoms with Crippen molar-refractivity contribution in [3.8, 4) is 0 Å². The molecule has 0 aliphatic rings. The van der Waals surface area contributed by atoms with Crippen LogP contribution in [0.3, 0.4) is 0 Å². The van der Waals surface area contributed by atoms with Crippen LogP contribution in [-0.2, 0) is 28.6 Å². The number of unbranched alkanes of at least 4 members (excludes halogenated alkanes) is 34. The van der Waals surface area contributed by atoms with Gasteiger partial charge in [-0.05, 0) is 44.9 Å². The monoisotopic (exact) mass is 859 g/mol. The molecule has 0 saturated carbocycles. The van der Waals surface area contributed by atoms with Gasteiger partial charge in [0.15, 0.2) is 6.10 Å². The first-order chi connectivity index (χ1) is 30.0. The first kappa shape index (κ1) is 58.9. The Bertz CT molecular complexity index is 989. The second kappa shape index (κ2) is 50.5. The molecule has 0 N–H and O–H groups in total. The van der Waals surface area contributed by atoms with Crippen molar-refractivity contribution in [2.45, 2.75) is 297 Å². The van der Waals surface area contributed by atoms with Crippen LogP contribution >= 0.6 is 0 Å². The Hall–Kier alpha value is -2.11. The second-order valence-corrected chi connectivity index (χ2v) is 18.1. The minimum absolute atomic E-state index is 0.0696. The largest absolute Gasteiger partial charge is 0.462 e. The average molecular weight is 859 g/mol. The zero-order valence-corrected chi connectivity index (χ0v) is 40.9. The molecule has 1 unspecified atom stereocenters. The fourth-order valence-corrected chi connectivity index (χ4v) is 7.95. The maximum atomic E-state index is 12.8. The maximum absolute atomic E-state index is 12.8. The Morgan fingerprint density at radius 3 is 0.984 bits per heavy atom. The summed E-state index contributed by atoms with van der Waals surface area (Å²) in [5.41, 5.74) is 0. The van der Waals surface area contributed by atoms with Crippen molar-refractivity contribution >= 4 is 17.9 Å². The zero-order valence-electron chi connectivity index (χ0n) is 40.9. The zero-order chi connectivity index (χ0) is 44.4. The van der Waals surface area contributed by atoms with Gasteiger partial charge in [-0.2, -0.15) is 0 Å². The Morgan fingerprint density at radius 1 is 0.344 bits per heavy atom. The number of hydrogen-bond donors (Lipinski definition) is 0. The van der Waals surface area contributed by atoms with Gasteiger partial charge in [0.05, 0.1) is 0 Å². The highest BCUT2D eigenvalue weighted by molar-refractivity contribution is 5.71. The molecule has 0 aliphatic carbocycles. The number of hydrogen-bond acceptors (Lipinski definition) is 6. The number of ether oxygens (including phenoxy) is 3. The minimum Gasteiger partial charge on any atom is -0.462 e. The van der Waals surface area contributed by atoms with Crippen molar-refractivity contribution in [3.05, 3.63) is 24.3 Å². The molecule has 0 aromatic heterocycles. The summed E-state index contributed by atoms with van der Waals surface area (Å²) in [6, 6.07) is 0. The van der Waals surface area contributed by atoms with Crippen LogP contribution in [0, 0.1) is 0 Å². The molecule has 0 aromatic carbocycles. The van der Waals surface area contributed by atoms with Crippen LogP contribution in [0.4, 0.5) is 0 Å². The normalized spacial score (nSPS) is 12.1. The van der Waals surface area contributed by atoms with Gasteiger partial charge >= 0.3 is 17.9 Å². The summed E-state index contributed by atoms with van der Waals surface area (Å²) in [5, 5.41) is 0. The van der Waals surface area contributed by atoms with Gasteiger partial charge in [0, 0.05) is 19.3 Å². The Morgan fingerprint density at radius 2 is 0.639 bits per heavy atom. The third kappa shape index (κ3) is 48.8. The second-order valence-electron chi connectivity index (χ2n) is 18.1. The van der Waals surface area contributed by atoms with E-state index < -0.39 is 6.10 Å². The lowest BCUT2D eigenvalue weighted by Gasteiger charge is -2.18. The summed E-state index contributed by atoms with van der Waals surface area (Å²) in [6.07, 6.45) is 57.4. The lowest BCUT2D eigenvalue weighted by molar-refractivity contribution is -0.167. The van der Waals surface area contributed by atoms with E-state index >= 15 is 0 Å². The van der Waals surface area contributed by atoms with Crippen molar-refractivity contribution in [1.29, 1.82) is 0 Å². The number of carbonyl (C=O) groups excluding carboxylic acids is 3. The van der Waals surface area contributed by atoms with E-state index in [0.717, 1.165) is 77.0 Å². The van der Waals surface area contributed by atoms with E-state index in [1.165, 1.54) is 173 Å². The molecule has 1 atom stereocenters. The number of esters is 3. The molecule has 0 rings (SSSR count). The molecule has 0 aromatic rings. The summed E-state index contributed by atoms with van der Waals surface area (Å²) >= 11 is 0. The van der Waals surface area contributed by atoms with Gasteiger partial charge in [0.25, 0.3) is 0 Å². The molecular weight excluding hydrogens is 757 g/mol. The van der Waals surface area contributed by atoms with Crippen LogP contribution in [0.2, 0.25) is 0 Å². The Balaban J connectivity index is 4.26. The molecule has 6 nitrogen and oxygen atoms in total. The molecule has 358 valence electrons. The van der Waals surface area contributed by atoms with Crippen LogP contribution < -0.4 is 0 Å². The van der Waals surface area contributed by atoms with Gasteiger partial charge in [-0.25, -0.2) is 0 Å². The quantitative estimate of drug-likeness (QED) is 0.0262. The van der Waals surface area contributed by atoms with Crippen LogP contribution in [0.15, 0.2) is 24.3 Å². The SMILES string of the molecule is CC/C=C\C/C=C\CCCCCCCCCC(=O)OC(COC(=O)CCCCCCCCCCCC)COC(=O)CCCCCCCCCCCCCCCCCCCCC. The first-order valence-corrected chi connectivity index (χ1v) is 26.8. The number of rotatable bonds is 49. The predicted molar refractivity (Wildman–Crippen MR) is 261 cm³/mol. The molecule has 61 heavy (non-hydrogen) atoms. The molecule has 0 amide bonds. The van der Waals surface area contributed by atoms with Crippen LogP contribution in [0.1, 0.15) is 290 Å². The summed E-state index contributed by atoms with van der Waals surface area (Å²) in [5.74, 6) is -0.864. The fourth-order valence-electron chi connectivity index (χ4n) is 7.95. The van der Waals surface area contributed by atoms with Crippen molar-refractivity contribution in [1.82, 2.24) is 0 Å². The molecule has 0 saturated heterocycles. The number of allylic oxidation sites excluding steroid dienone is 4. The van der Waals surface area contributed by atoms with E-state index in [1.807, 2.05) is 0 Å². The van der Waals surface area contributed by atoms with Crippen molar-refractivity contribution in [2.75, 3.05) is 13.2 Å². The Labute approximate surface area is 379 Å². The molecule has 6 heteroatoms. The van der Waals surface area contributed by atoms with Crippen molar-refractivity contribution < 1.29 is 28.6 Å². The number of carbonyl (C=O) groups is 3. The third-order valence-electron chi connectivity index (χ3n) is 12.0. The van der Waals surface area contributed by atoms with Crippen molar-refractivity contribution in [3.63, 3.8) is 0 Å². The van der Waals surface area contributed by atoms with Gasteiger partial charge in [0.1, 0.15) is 13.2 Å². The van der Waals surface area contributed by atoms with E-state index in [4.69, 9.17) is 14.2 Å². The molecule has 0 bridgehead atoms. The highest BCUT2D eigenvalue weighted by atomic mass is 16.6. The first-order valence-electron chi connectivity index (χ1n) is 26.8. The molecule has 0 fully saturated rings. The lowest BCUT2D eigenvalue weighted by atomic mass is 10.0. The van der Waals surface area contributed by atoms with E-state index in [-0.39, 0.29) is 31.1 Å². The highest BCUT2D eigenvalue weighted by Crippen LogP contribution is 2.17. The topological polar surface area (TPSA) is 78.9 Å². The molecule has 0 heterocycles. The van der Waals surface area contributed by atoms with E-state index in [2.05, 4.69) is 45.1 Å². The maximum Gasteiger partial charge on any atom is 0.306 e. The minimum atomic E-state index is -0.769. The van der Waals surface area contributed by atoms with Gasteiger partial charge < -0.3 is 14.2 Å². The summed E-state index contributed by atoms with van der Waals surface area (Å²) < 4.78 is 16.8. The summed E-state index contributed by atoms with van der Waals surface area (Å²) in [4.78, 5) is 37.9. The lowest BCUT2D eigenvalue weighted by Crippen LogP contribution is -2.30. The van der Waals surface area contributed by atoms with E-state index in [1.54, 1.807) is 0 Å². The van der Waals surface area contributed by atoms with E-state index in [9.17, 15) is 14.4 Å². The van der Waals surface area contributed by atoms with E-state index in [0.29, 0.717) is 19.3 Å². The molecular formula is C55H102O6. The summed E-state index contributed by atoms with van der Waals surface area (Å²) in [7, 11) is 0. The van der Waals surface area contributed by atoms with Gasteiger partial charge in [-0.15, -0.1) is 0 Å². The fraction of sp³-hybridized carbons (Fsp3) is 0.873. The predicted octanol–water partition coefficient (Wildman–Crippen LogP) is 17.5. The van der Waals surface area contributed by atoms with Crippen LogP contribution in [0.25, 0.3) is 0 Å². The van der Waals surface area contributed by atoms with Gasteiger partial charge in [0.2, 0.25) is 0 Å². The average Bonchev–Trinajstić information content (AvgIpc) is 3.26. The Kier molecular flexibility index (Phi) is 48.8. The van der Waals surface area contributed by atoms with Crippen molar-refractivity contribution in [2.24, 2.45) is 0 Å². The standard InChI is InChI=1S/C55H102O6/c1-4-7-10-13-16-19-22-24-26-27-28-29-30-32-33-36-39-42-45-48-54(57)60-51-52(50-59-53(56)47-44-41-38-35-21-18-15-12-9-6-3)61-55(58)49-46-43-40-37-34-31-25-23-20-17-14-11-8-5-2/h8,11,17,20,52H,4-7,9-10,12-16,18-19,21-51H2,1-3H3/b11-8-,20-17-. The van der Waals surface area contributed by atoms with Crippen LogP contribution in [0.5, 0.6) is 0 Å². The molecule has 0 spiro atoms. The third-order valence-corrected chi connectivity index (χ3v) is 12.0. The molecule has 0 radical (unpaired) electrons. The van der Waals surface area contributed by atoms with Crippen LogP contribution in [-0.4, -0.2) is 37.2 Å². The molecule has 0 aliphatic heterocycles. The van der Waals surface area contributed by atoms with Gasteiger partial charge in [-0.1, -0.05) is 251 Å².